The normalized spacial score (nSPS) is 16.5. The predicted octanol–water partition coefficient (Wildman–Crippen LogP) is 4.41. The highest BCUT2D eigenvalue weighted by Gasteiger charge is 2.24. The van der Waals surface area contributed by atoms with E-state index in [0.29, 0.717) is 6.61 Å². The van der Waals surface area contributed by atoms with Gasteiger partial charge in [-0.15, -0.1) is 0 Å². The molecule has 1 aliphatic rings. The van der Waals surface area contributed by atoms with Crippen molar-refractivity contribution in [2.45, 2.75) is 26.7 Å². The van der Waals surface area contributed by atoms with E-state index < -0.39 is 0 Å². The molecule has 1 N–H and O–H groups in total. The summed E-state index contributed by atoms with van der Waals surface area (Å²) in [4.78, 5) is 7.79. The van der Waals surface area contributed by atoms with Crippen molar-refractivity contribution in [3.63, 3.8) is 0 Å². The standard InChI is InChI=1S/C21H30N2O/c1-17(18-10-7-6-8-11-18)19-14-20(16-21(2,3)15-19)22-24-13-9-12-23(4)5/h6-8,10-11,14,16,22H,1,9,12-13,15H2,2-5H3. The molecule has 1 aromatic carbocycles. The predicted molar refractivity (Wildman–Crippen MR) is 102 cm³/mol. The van der Waals surface area contributed by atoms with Crippen molar-refractivity contribution in [2.24, 2.45) is 5.41 Å². The molecular formula is C21H30N2O. The smallest absolute Gasteiger partial charge is 0.0758 e. The van der Waals surface area contributed by atoms with Gasteiger partial charge in [-0.1, -0.05) is 56.8 Å². The number of nitrogens with zero attached hydrogens (tertiary/aromatic N) is 1. The summed E-state index contributed by atoms with van der Waals surface area (Å²) >= 11 is 0. The van der Waals surface area contributed by atoms with Gasteiger partial charge < -0.3 is 4.90 Å². The van der Waals surface area contributed by atoms with Crippen LogP contribution in [-0.2, 0) is 4.84 Å². The molecule has 3 nitrogen and oxygen atoms in total. The molecule has 0 fully saturated rings. The Bertz CT molecular complexity index is 612. The Morgan fingerprint density at radius 2 is 1.96 bits per heavy atom. The molecule has 0 aliphatic heterocycles. The number of nitrogens with one attached hydrogen (secondary N) is 1. The van der Waals surface area contributed by atoms with Crippen molar-refractivity contribution in [1.82, 2.24) is 10.4 Å². The van der Waals surface area contributed by atoms with Crippen LogP contribution in [-0.4, -0.2) is 32.1 Å². The zero-order chi connectivity index (χ0) is 17.6. The van der Waals surface area contributed by atoms with E-state index in [1.165, 1.54) is 11.1 Å². The van der Waals surface area contributed by atoms with E-state index in [4.69, 9.17) is 4.84 Å². The van der Waals surface area contributed by atoms with Crippen LogP contribution in [0.3, 0.4) is 0 Å². The molecule has 1 aliphatic carbocycles. The van der Waals surface area contributed by atoms with Gasteiger partial charge in [-0.2, -0.15) is 0 Å². The molecule has 0 saturated carbocycles. The van der Waals surface area contributed by atoms with E-state index in [1.807, 2.05) is 6.07 Å². The quantitative estimate of drug-likeness (QED) is 0.565. The Hall–Kier alpha value is -1.84. The summed E-state index contributed by atoms with van der Waals surface area (Å²) in [5.41, 5.74) is 7.73. The minimum Gasteiger partial charge on any atom is -0.309 e. The lowest BCUT2D eigenvalue weighted by atomic mass is 9.78. The summed E-state index contributed by atoms with van der Waals surface area (Å²) in [6.07, 6.45) is 6.38. The first-order chi connectivity index (χ1) is 11.4. The van der Waals surface area contributed by atoms with Gasteiger partial charge in [0.2, 0.25) is 0 Å². The minimum absolute atomic E-state index is 0.0805. The van der Waals surface area contributed by atoms with Crippen LogP contribution in [0.4, 0.5) is 0 Å². The van der Waals surface area contributed by atoms with Crippen molar-refractivity contribution in [3.05, 3.63) is 65.9 Å². The molecule has 0 amide bonds. The highest BCUT2D eigenvalue weighted by atomic mass is 16.6. The van der Waals surface area contributed by atoms with Crippen molar-refractivity contribution < 1.29 is 4.84 Å². The molecule has 1 aromatic rings. The van der Waals surface area contributed by atoms with Crippen molar-refractivity contribution >= 4 is 5.57 Å². The van der Waals surface area contributed by atoms with Gasteiger partial charge in [-0.05, 0) is 61.7 Å². The fraction of sp³-hybridized carbons (Fsp3) is 0.429. The number of hydroxylamine groups is 1. The van der Waals surface area contributed by atoms with Gasteiger partial charge >= 0.3 is 0 Å². The monoisotopic (exact) mass is 326 g/mol. The molecule has 0 bridgehead atoms. The van der Waals surface area contributed by atoms with Gasteiger partial charge in [0.15, 0.2) is 0 Å². The highest BCUT2D eigenvalue weighted by molar-refractivity contribution is 5.78. The van der Waals surface area contributed by atoms with Crippen LogP contribution in [0.1, 0.15) is 32.3 Å². The lowest BCUT2D eigenvalue weighted by Crippen LogP contribution is -2.23. The lowest BCUT2D eigenvalue weighted by Gasteiger charge is -2.29. The fourth-order valence-corrected chi connectivity index (χ4v) is 2.91. The SMILES string of the molecule is C=C(C1=CC(NOCCCN(C)C)=CC(C)(C)C1)c1ccccc1. The zero-order valence-electron chi connectivity index (χ0n) is 15.4. The van der Waals surface area contributed by atoms with Gasteiger partial charge in [-0.25, -0.2) is 0 Å². The van der Waals surface area contributed by atoms with Crippen LogP contribution in [0.2, 0.25) is 0 Å². The molecule has 0 saturated heterocycles. The second-order valence-corrected chi connectivity index (χ2v) is 7.39. The third-order valence-corrected chi connectivity index (χ3v) is 4.07. The molecule has 0 atom stereocenters. The molecule has 0 aromatic heterocycles. The second-order valence-electron chi connectivity index (χ2n) is 7.39. The van der Waals surface area contributed by atoms with E-state index in [1.54, 1.807) is 0 Å². The molecule has 0 heterocycles. The van der Waals surface area contributed by atoms with E-state index in [-0.39, 0.29) is 5.41 Å². The first kappa shape index (κ1) is 18.5. The van der Waals surface area contributed by atoms with Gasteiger partial charge in [0.1, 0.15) is 0 Å². The Kier molecular flexibility index (Phi) is 6.41. The van der Waals surface area contributed by atoms with Gasteiger partial charge in [-0.3, -0.25) is 10.3 Å². The first-order valence-corrected chi connectivity index (χ1v) is 8.58. The Labute approximate surface area is 146 Å². The zero-order valence-corrected chi connectivity index (χ0v) is 15.4. The van der Waals surface area contributed by atoms with E-state index in [9.17, 15) is 0 Å². The number of rotatable bonds is 8. The minimum atomic E-state index is 0.0805. The maximum atomic E-state index is 5.63. The maximum Gasteiger partial charge on any atom is 0.0758 e. The molecule has 24 heavy (non-hydrogen) atoms. The second kappa shape index (κ2) is 8.32. The van der Waals surface area contributed by atoms with Gasteiger partial charge in [0.25, 0.3) is 0 Å². The largest absolute Gasteiger partial charge is 0.309 e. The molecule has 2 rings (SSSR count). The maximum absolute atomic E-state index is 5.63. The average Bonchev–Trinajstić information content (AvgIpc) is 2.53. The topological polar surface area (TPSA) is 24.5 Å². The van der Waals surface area contributed by atoms with E-state index in [2.05, 4.69) is 81.3 Å². The summed E-state index contributed by atoms with van der Waals surface area (Å²) in [7, 11) is 4.15. The van der Waals surface area contributed by atoms with Crippen LogP contribution in [0, 0.1) is 5.41 Å². The highest BCUT2D eigenvalue weighted by Crippen LogP contribution is 2.38. The summed E-state index contributed by atoms with van der Waals surface area (Å²) in [5, 5.41) is 0. The summed E-state index contributed by atoms with van der Waals surface area (Å²) in [5.74, 6) is 0. The number of hydrogen-bond donors (Lipinski definition) is 1. The Balaban J connectivity index is 2.01. The number of allylic oxidation sites excluding steroid dienone is 4. The third kappa shape index (κ3) is 5.66. The summed E-state index contributed by atoms with van der Waals surface area (Å²) in [6.45, 7) is 10.5. The van der Waals surface area contributed by atoms with Crippen LogP contribution >= 0.6 is 0 Å². The number of benzene rings is 1. The molecule has 0 radical (unpaired) electrons. The van der Waals surface area contributed by atoms with Crippen LogP contribution in [0.25, 0.3) is 5.57 Å². The van der Waals surface area contributed by atoms with Crippen LogP contribution < -0.4 is 5.48 Å². The average molecular weight is 326 g/mol. The first-order valence-electron chi connectivity index (χ1n) is 8.58. The summed E-state index contributed by atoms with van der Waals surface area (Å²) < 4.78 is 0. The molecular weight excluding hydrogens is 296 g/mol. The molecule has 0 spiro atoms. The van der Waals surface area contributed by atoms with E-state index >= 15 is 0 Å². The number of hydrogen-bond acceptors (Lipinski definition) is 3. The van der Waals surface area contributed by atoms with Crippen LogP contribution in [0.5, 0.6) is 0 Å². The van der Waals surface area contributed by atoms with Crippen molar-refractivity contribution in [3.8, 4) is 0 Å². The van der Waals surface area contributed by atoms with E-state index in [0.717, 1.165) is 30.7 Å². The fourth-order valence-electron chi connectivity index (χ4n) is 2.91. The summed E-state index contributed by atoms with van der Waals surface area (Å²) in [6, 6.07) is 10.4. The Morgan fingerprint density at radius 3 is 2.62 bits per heavy atom. The molecule has 3 heteroatoms. The van der Waals surface area contributed by atoms with Crippen LogP contribution in [0.15, 0.2) is 60.3 Å². The van der Waals surface area contributed by atoms with Gasteiger partial charge in [0.05, 0.1) is 12.3 Å². The van der Waals surface area contributed by atoms with Gasteiger partial charge in [0, 0.05) is 0 Å². The molecule has 130 valence electrons. The third-order valence-electron chi connectivity index (χ3n) is 4.07. The Morgan fingerprint density at radius 1 is 1.25 bits per heavy atom. The lowest BCUT2D eigenvalue weighted by molar-refractivity contribution is 0.0588. The van der Waals surface area contributed by atoms with Crippen molar-refractivity contribution in [1.29, 1.82) is 0 Å². The van der Waals surface area contributed by atoms with Crippen molar-refractivity contribution in [2.75, 3.05) is 27.2 Å². The molecule has 0 unspecified atom stereocenters.